The molecule has 0 spiro atoms. The highest BCUT2D eigenvalue weighted by atomic mass is 19.1. The third kappa shape index (κ3) is 5.53. The summed E-state index contributed by atoms with van der Waals surface area (Å²) in [4.78, 5) is 27.7. The number of primary amides is 1. The van der Waals surface area contributed by atoms with E-state index in [0.29, 0.717) is 25.2 Å². The minimum atomic E-state index is -0.684. The number of nitrogens with two attached hydrogens (primary N) is 1. The number of aromatic nitrogens is 2. The second-order valence-electron chi connectivity index (χ2n) is 7.82. The quantitative estimate of drug-likeness (QED) is 0.669. The van der Waals surface area contributed by atoms with Crippen LogP contribution in [0.25, 0.3) is 0 Å². The lowest BCUT2D eigenvalue weighted by molar-refractivity contribution is 0.0737. The van der Waals surface area contributed by atoms with Crippen LogP contribution in [0, 0.1) is 23.1 Å². The molecule has 0 bridgehead atoms. The van der Waals surface area contributed by atoms with E-state index >= 15 is 0 Å². The minimum Gasteiger partial charge on any atom is -0.448 e. The number of halogens is 1. The predicted molar refractivity (Wildman–Crippen MR) is 115 cm³/mol. The van der Waals surface area contributed by atoms with Gasteiger partial charge in [0.1, 0.15) is 18.0 Å². The largest absolute Gasteiger partial charge is 0.448 e. The van der Waals surface area contributed by atoms with E-state index in [-0.39, 0.29) is 36.4 Å². The first kappa shape index (κ1) is 23.0. The summed E-state index contributed by atoms with van der Waals surface area (Å²) in [6.45, 7) is 1.45. The molecule has 2 atom stereocenters. The van der Waals surface area contributed by atoms with Crippen molar-refractivity contribution < 1.29 is 18.7 Å². The fourth-order valence-corrected chi connectivity index (χ4v) is 3.46. The van der Waals surface area contributed by atoms with Crippen LogP contribution >= 0.6 is 0 Å². The van der Waals surface area contributed by atoms with E-state index in [1.54, 1.807) is 0 Å². The lowest BCUT2D eigenvalue weighted by Crippen LogP contribution is -2.44. The molecule has 0 aliphatic carbocycles. The maximum absolute atomic E-state index is 13.2. The lowest BCUT2D eigenvalue weighted by Gasteiger charge is -2.34. The van der Waals surface area contributed by atoms with Crippen LogP contribution < -0.4 is 11.1 Å². The van der Waals surface area contributed by atoms with Crippen LogP contribution in [-0.2, 0) is 4.74 Å². The molecule has 2 aromatic rings. The number of carbonyl (C=O) groups is 2. The van der Waals surface area contributed by atoms with Crippen LogP contribution in [0.4, 0.5) is 20.7 Å². The van der Waals surface area contributed by atoms with Gasteiger partial charge in [-0.15, -0.1) is 0 Å². The Kier molecular flexibility index (Phi) is 7.27. The number of benzene rings is 1. The van der Waals surface area contributed by atoms with Crippen LogP contribution in [0.15, 0.2) is 30.5 Å². The first-order valence-electron chi connectivity index (χ1n) is 10.2. The van der Waals surface area contributed by atoms with Gasteiger partial charge in [-0.3, -0.25) is 9.48 Å². The Hall–Kier alpha value is -3.65. The standard InChI is InChI=1S/C21H26FN7O3/c1-27(2)9-10-32-21(31)28-8-7-18(14(11-23)12-28)29-13-17(19(24)30)20(26-29)25-16-5-3-15(22)4-6-16/h3-6,13-14,18H,7-10,12H2,1-2H3,(H2,24,30)(H,25,26)/t14-,18-/m0/s1. The topological polar surface area (TPSA) is 130 Å². The van der Waals surface area contributed by atoms with E-state index in [1.165, 1.54) is 40.0 Å². The normalized spacial score (nSPS) is 18.3. The van der Waals surface area contributed by atoms with Gasteiger partial charge in [0.25, 0.3) is 5.91 Å². The maximum Gasteiger partial charge on any atom is 0.409 e. The molecule has 3 N–H and O–H groups in total. The van der Waals surface area contributed by atoms with Crippen molar-refractivity contribution in [1.82, 2.24) is 19.6 Å². The average Bonchev–Trinajstić information content (AvgIpc) is 3.18. The number of nitrogens with zero attached hydrogens (tertiary/aromatic N) is 5. The fraction of sp³-hybridized carbons (Fsp3) is 0.429. The van der Waals surface area contributed by atoms with E-state index in [0.717, 1.165) is 0 Å². The van der Waals surface area contributed by atoms with E-state index < -0.39 is 17.9 Å². The third-order valence-corrected chi connectivity index (χ3v) is 5.21. The van der Waals surface area contributed by atoms with Crippen molar-refractivity contribution in [2.24, 2.45) is 11.7 Å². The summed E-state index contributed by atoms with van der Waals surface area (Å²) in [5.74, 6) is -1.41. The van der Waals surface area contributed by atoms with Crippen molar-refractivity contribution in [3.63, 3.8) is 0 Å². The predicted octanol–water partition coefficient (Wildman–Crippen LogP) is 1.95. The number of rotatable bonds is 7. The van der Waals surface area contributed by atoms with Gasteiger partial charge < -0.3 is 25.6 Å². The number of nitrogens with one attached hydrogen (secondary N) is 1. The minimum absolute atomic E-state index is 0.150. The second-order valence-corrected chi connectivity index (χ2v) is 7.82. The van der Waals surface area contributed by atoms with E-state index in [2.05, 4.69) is 16.5 Å². The monoisotopic (exact) mass is 443 g/mol. The molecule has 2 heterocycles. The zero-order valence-corrected chi connectivity index (χ0v) is 18.0. The van der Waals surface area contributed by atoms with Gasteiger partial charge in [-0.2, -0.15) is 10.4 Å². The molecule has 32 heavy (non-hydrogen) atoms. The van der Waals surface area contributed by atoms with Crippen LogP contribution in [0.1, 0.15) is 22.8 Å². The zero-order chi connectivity index (χ0) is 23.3. The zero-order valence-electron chi connectivity index (χ0n) is 18.0. The molecular weight excluding hydrogens is 417 g/mol. The molecule has 0 saturated carbocycles. The van der Waals surface area contributed by atoms with Gasteiger partial charge in [0.05, 0.1) is 18.0 Å². The van der Waals surface area contributed by atoms with Crippen LogP contribution in [0.3, 0.4) is 0 Å². The molecule has 1 saturated heterocycles. The SMILES string of the molecule is CN(C)CCOC(=O)N1CC[C@H](n2cc(C(N)=O)c(Nc3ccc(F)cc3)n2)[C@@H](C#N)C1. The average molecular weight is 443 g/mol. The number of amides is 2. The van der Waals surface area contributed by atoms with Gasteiger partial charge in [0.2, 0.25) is 0 Å². The number of hydrogen-bond donors (Lipinski definition) is 2. The Morgan fingerprint density at radius 2 is 2.09 bits per heavy atom. The first-order chi connectivity index (χ1) is 15.3. The van der Waals surface area contributed by atoms with E-state index in [9.17, 15) is 19.2 Å². The number of hydrogen-bond acceptors (Lipinski definition) is 7. The number of carbonyl (C=O) groups excluding carboxylic acids is 2. The Balaban J connectivity index is 1.73. The van der Waals surface area contributed by atoms with Gasteiger partial charge in [0.15, 0.2) is 5.82 Å². The molecule has 1 aliphatic heterocycles. The summed E-state index contributed by atoms with van der Waals surface area (Å²) in [7, 11) is 3.77. The smallest absolute Gasteiger partial charge is 0.409 e. The molecule has 1 fully saturated rings. The Morgan fingerprint density at radius 3 is 2.72 bits per heavy atom. The lowest BCUT2D eigenvalue weighted by atomic mass is 9.94. The maximum atomic E-state index is 13.2. The molecule has 1 aromatic carbocycles. The van der Waals surface area contributed by atoms with Gasteiger partial charge in [-0.1, -0.05) is 0 Å². The Bertz CT molecular complexity index is 1000. The number of nitriles is 1. The first-order valence-corrected chi connectivity index (χ1v) is 10.2. The van der Waals surface area contributed by atoms with E-state index in [4.69, 9.17) is 10.5 Å². The molecule has 11 heteroatoms. The molecule has 0 radical (unpaired) electrons. The number of ether oxygens (including phenoxy) is 1. The summed E-state index contributed by atoms with van der Waals surface area (Å²) in [6.07, 6.45) is 1.49. The molecule has 2 amide bonds. The Morgan fingerprint density at radius 1 is 1.38 bits per heavy atom. The molecule has 1 aromatic heterocycles. The van der Waals surface area contributed by atoms with Crippen molar-refractivity contribution in [3.8, 4) is 6.07 Å². The summed E-state index contributed by atoms with van der Waals surface area (Å²) >= 11 is 0. The van der Waals surface area contributed by atoms with Crippen molar-refractivity contribution in [3.05, 3.63) is 41.8 Å². The summed E-state index contributed by atoms with van der Waals surface area (Å²) < 4.78 is 20.0. The summed E-state index contributed by atoms with van der Waals surface area (Å²) in [6, 6.07) is 7.46. The highest BCUT2D eigenvalue weighted by Crippen LogP contribution is 2.30. The highest BCUT2D eigenvalue weighted by Gasteiger charge is 2.34. The third-order valence-electron chi connectivity index (χ3n) is 5.21. The molecule has 1 aliphatic rings. The van der Waals surface area contributed by atoms with Gasteiger partial charge in [0, 0.05) is 31.5 Å². The Labute approximate surface area is 185 Å². The van der Waals surface area contributed by atoms with Crippen molar-refractivity contribution in [2.75, 3.05) is 45.7 Å². The number of anilines is 2. The van der Waals surface area contributed by atoms with Gasteiger partial charge in [-0.25, -0.2) is 9.18 Å². The summed E-state index contributed by atoms with van der Waals surface area (Å²) in [5.41, 5.74) is 6.18. The fourth-order valence-electron chi connectivity index (χ4n) is 3.46. The molecule has 10 nitrogen and oxygen atoms in total. The van der Waals surface area contributed by atoms with Crippen molar-refractivity contribution >= 4 is 23.5 Å². The van der Waals surface area contributed by atoms with E-state index in [1.807, 2.05) is 19.0 Å². The van der Waals surface area contributed by atoms with Crippen molar-refractivity contribution in [2.45, 2.75) is 12.5 Å². The van der Waals surface area contributed by atoms with Gasteiger partial charge >= 0.3 is 6.09 Å². The van der Waals surface area contributed by atoms with Crippen LogP contribution in [0.2, 0.25) is 0 Å². The van der Waals surface area contributed by atoms with Crippen molar-refractivity contribution in [1.29, 1.82) is 5.26 Å². The highest BCUT2D eigenvalue weighted by molar-refractivity contribution is 5.98. The molecule has 170 valence electrons. The van der Waals surface area contributed by atoms with Crippen LogP contribution in [-0.4, -0.2) is 71.9 Å². The molecule has 0 unspecified atom stereocenters. The number of likely N-dealkylation sites (tertiary alicyclic amines) is 1. The van der Waals surface area contributed by atoms with Crippen LogP contribution in [0.5, 0.6) is 0 Å². The van der Waals surface area contributed by atoms with Gasteiger partial charge in [-0.05, 0) is 44.8 Å². The number of piperidine rings is 1. The molecule has 3 rings (SSSR count). The number of likely N-dealkylation sites (N-methyl/N-ethyl adjacent to an activating group) is 1. The second kappa shape index (κ2) is 10.1. The summed E-state index contributed by atoms with van der Waals surface area (Å²) in [5, 5.41) is 17.1. The molecular formula is C21H26FN7O3.